The van der Waals surface area contributed by atoms with E-state index in [1.165, 1.54) is 4.90 Å². The largest absolute Gasteiger partial charge is 0.480 e. The van der Waals surface area contributed by atoms with Gasteiger partial charge in [0.15, 0.2) is 0 Å². The van der Waals surface area contributed by atoms with Crippen molar-refractivity contribution in [1.29, 1.82) is 0 Å². The van der Waals surface area contributed by atoms with Crippen LogP contribution >= 0.6 is 0 Å². The Morgan fingerprint density at radius 1 is 1.42 bits per heavy atom. The topological polar surface area (TPSA) is 69.6 Å². The summed E-state index contributed by atoms with van der Waals surface area (Å²) in [7, 11) is 0. The third kappa shape index (κ3) is 3.01. The number of rotatable bonds is 3. The van der Waals surface area contributed by atoms with E-state index in [1.807, 2.05) is 6.92 Å². The second-order valence-corrected chi connectivity index (χ2v) is 6.67. The molecule has 3 atom stereocenters. The van der Waals surface area contributed by atoms with Crippen molar-refractivity contribution >= 4 is 12.0 Å². The third-order valence-corrected chi connectivity index (χ3v) is 4.66. The maximum Gasteiger partial charge on any atom is 0.326 e. The summed E-state index contributed by atoms with van der Waals surface area (Å²) in [5.74, 6) is -0.342. The lowest BCUT2D eigenvalue weighted by atomic mass is 9.91. The highest BCUT2D eigenvalue weighted by molar-refractivity contribution is 5.83. The zero-order valence-corrected chi connectivity index (χ0v) is 12.0. The van der Waals surface area contributed by atoms with Crippen LogP contribution in [0, 0.1) is 17.3 Å². The van der Waals surface area contributed by atoms with Crippen LogP contribution in [0.25, 0.3) is 0 Å². The number of carbonyl (C=O) groups is 2. The maximum absolute atomic E-state index is 12.2. The van der Waals surface area contributed by atoms with Gasteiger partial charge in [-0.2, -0.15) is 0 Å². The predicted octanol–water partition coefficient (Wildman–Crippen LogP) is 1.93. The number of amides is 2. The molecule has 19 heavy (non-hydrogen) atoms. The number of carboxylic acids is 1. The summed E-state index contributed by atoms with van der Waals surface area (Å²) in [5, 5.41) is 12.2. The van der Waals surface area contributed by atoms with Crippen LogP contribution in [0.15, 0.2) is 0 Å². The summed E-state index contributed by atoms with van der Waals surface area (Å²) in [6, 6.07) is -0.900. The number of hydrogen-bond donors (Lipinski definition) is 2. The number of aliphatic carboxylic acids is 1. The summed E-state index contributed by atoms with van der Waals surface area (Å²) in [5.41, 5.74) is 0.328. The van der Waals surface area contributed by atoms with Crippen LogP contribution < -0.4 is 5.32 Å². The Kier molecular flexibility index (Phi) is 3.74. The molecule has 0 bridgehead atoms. The molecule has 2 aliphatic rings. The Morgan fingerprint density at radius 2 is 2.05 bits per heavy atom. The molecule has 3 unspecified atom stereocenters. The monoisotopic (exact) mass is 268 g/mol. The highest BCUT2D eigenvalue weighted by Gasteiger charge is 2.45. The number of carboxylic acid groups (broad SMARTS) is 1. The number of carbonyl (C=O) groups excluding carboxylic acids is 1. The van der Waals surface area contributed by atoms with Crippen molar-refractivity contribution in [2.24, 2.45) is 17.3 Å². The molecule has 2 fully saturated rings. The van der Waals surface area contributed by atoms with Crippen LogP contribution in [-0.4, -0.2) is 41.1 Å². The highest BCUT2D eigenvalue weighted by atomic mass is 16.4. The van der Waals surface area contributed by atoms with Crippen LogP contribution in [0.5, 0.6) is 0 Å². The van der Waals surface area contributed by atoms with E-state index in [9.17, 15) is 14.7 Å². The molecule has 1 saturated carbocycles. The smallest absolute Gasteiger partial charge is 0.326 e. The van der Waals surface area contributed by atoms with Crippen molar-refractivity contribution in [3.63, 3.8) is 0 Å². The van der Waals surface area contributed by atoms with Gasteiger partial charge in [0.1, 0.15) is 6.04 Å². The minimum atomic E-state index is -0.894. The lowest BCUT2D eigenvalue weighted by Gasteiger charge is -2.37. The molecule has 108 valence electrons. The highest BCUT2D eigenvalue weighted by Crippen LogP contribution is 2.51. The summed E-state index contributed by atoms with van der Waals surface area (Å²) >= 11 is 0. The first-order valence-electron chi connectivity index (χ1n) is 7.10. The van der Waals surface area contributed by atoms with Gasteiger partial charge < -0.3 is 15.3 Å². The quantitative estimate of drug-likeness (QED) is 0.821. The molecule has 1 saturated heterocycles. The fourth-order valence-electron chi connectivity index (χ4n) is 3.03. The van der Waals surface area contributed by atoms with Crippen molar-refractivity contribution in [2.75, 3.05) is 13.1 Å². The molecule has 2 rings (SSSR count). The summed E-state index contributed by atoms with van der Waals surface area (Å²) in [6.07, 6.45) is 2.88. The van der Waals surface area contributed by atoms with Crippen molar-refractivity contribution in [2.45, 2.75) is 46.1 Å². The summed E-state index contributed by atoms with van der Waals surface area (Å²) in [4.78, 5) is 25.0. The zero-order chi connectivity index (χ0) is 14.2. The van der Waals surface area contributed by atoms with Crippen molar-refractivity contribution in [3.05, 3.63) is 0 Å². The van der Waals surface area contributed by atoms with Gasteiger partial charge in [0.05, 0.1) is 0 Å². The zero-order valence-electron chi connectivity index (χ0n) is 12.0. The van der Waals surface area contributed by atoms with Gasteiger partial charge in [-0.3, -0.25) is 0 Å². The van der Waals surface area contributed by atoms with Crippen molar-refractivity contribution in [3.8, 4) is 0 Å². The molecule has 1 aliphatic carbocycles. The predicted molar refractivity (Wildman–Crippen MR) is 71.8 cm³/mol. The van der Waals surface area contributed by atoms with E-state index in [0.717, 1.165) is 19.3 Å². The van der Waals surface area contributed by atoms with E-state index in [-0.39, 0.29) is 11.9 Å². The Labute approximate surface area is 114 Å². The number of hydrogen-bond acceptors (Lipinski definition) is 2. The molecule has 0 aromatic carbocycles. The first kappa shape index (κ1) is 14.2. The van der Waals surface area contributed by atoms with Gasteiger partial charge >= 0.3 is 12.0 Å². The number of nitrogens with zero attached hydrogens (tertiary/aromatic N) is 1. The SMILES string of the molecule is CC1CCCN(C(=O)NCC2CC2(C)C)C1C(=O)O. The number of nitrogens with one attached hydrogen (secondary N) is 1. The second-order valence-electron chi connectivity index (χ2n) is 6.67. The van der Waals surface area contributed by atoms with Gasteiger partial charge in [0.25, 0.3) is 0 Å². The fraction of sp³-hybridized carbons (Fsp3) is 0.857. The minimum absolute atomic E-state index is 0.0226. The van der Waals surface area contributed by atoms with Gasteiger partial charge in [0, 0.05) is 13.1 Å². The van der Waals surface area contributed by atoms with Crippen LogP contribution in [0.3, 0.4) is 0 Å². The first-order chi connectivity index (χ1) is 8.83. The second kappa shape index (κ2) is 5.02. The van der Waals surface area contributed by atoms with E-state index < -0.39 is 12.0 Å². The molecule has 0 radical (unpaired) electrons. The maximum atomic E-state index is 12.2. The third-order valence-electron chi connectivity index (χ3n) is 4.66. The Hall–Kier alpha value is -1.26. The molecule has 0 aromatic heterocycles. The van der Waals surface area contributed by atoms with Crippen LogP contribution in [0.2, 0.25) is 0 Å². The van der Waals surface area contributed by atoms with Gasteiger partial charge in [-0.25, -0.2) is 9.59 Å². The van der Waals surface area contributed by atoms with Crippen LogP contribution in [-0.2, 0) is 4.79 Å². The normalized spacial score (nSPS) is 32.8. The number of piperidine rings is 1. The number of urea groups is 1. The van der Waals surface area contributed by atoms with Crippen LogP contribution in [0.4, 0.5) is 4.79 Å². The standard InChI is InChI=1S/C14H24N2O3/c1-9-5-4-6-16(11(9)12(17)18)13(19)15-8-10-7-14(10,2)3/h9-11H,4-8H2,1-3H3,(H,15,19)(H,17,18). The minimum Gasteiger partial charge on any atom is -0.480 e. The van der Waals surface area contributed by atoms with Gasteiger partial charge in [-0.05, 0) is 36.5 Å². The molecular formula is C14H24N2O3. The van der Waals surface area contributed by atoms with E-state index in [2.05, 4.69) is 19.2 Å². The van der Waals surface area contributed by atoms with E-state index in [1.54, 1.807) is 0 Å². The molecular weight excluding hydrogens is 244 g/mol. The summed E-state index contributed by atoms with van der Waals surface area (Å²) < 4.78 is 0. The molecule has 5 heteroatoms. The molecule has 2 N–H and O–H groups in total. The average Bonchev–Trinajstić information content (AvgIpc) is 2.93. The van der Waals surface area contributed by atoms with E-state index in [0.29, 0.717) is 24.4 Å². The molecule has 2 amide bonds. The summed E-state index contributed by atoms with van der Waals surface area (Å²) in [6.45, 7) is 7.48. The Balaban J connectivity index is 1.91. The van der Waals surface area contributed by atoms with Gasteiger partial charge in [-0.15, -0.1) is 0 Å². The molecule has 0 aromatic rings. The van der Waals surface area contributed by atoms with E-state index >= 15 is 0 Å². The Morgan fingerprint density at radius 3 is 2.58 bits per heavy atom. The van der Waals surface area contributed by atoms with Crippen molar-refractivity contribution < 1.29 is 14.7 Å². The Bertz CT molecular complexity index is 381. The molecule has 1 aliphatic heterocycles. The number of likely N-dealkylation sites (tertiary alicyclic amines) is 1. The van der Waals surface area contributed by atoms with Gasteiger partial charge in [0.2, 0.25) is 0 Å². The molecule has 0 spiro atoms. The first-order valence-corrected chi connectivity index (χ1v) is 7.10. The van der Waals surface area contributed by atoms with Gasteiger partial charge in [-0.1, -0.05) is 20.8 Å². The van der Waals surface area contributed by atoms with Crippen molar-refractivity contribution in [1.82, 2.24) is 10.2 Å². The lowest BCUT2D eigenvalue weighted by molar-refractivity contribution is -0.145. The average molecular weight is 268 g/mol. The van der Waals surface area contributed by atoms with Crippen LogP contribution in [0.1, 0.15) is 40.0 Å². The molecule has 5 nitrogen and oxygen atoms in total. The van der Waals surface area contributed by atoms with E-state index in [4.69, 9.17) is 0 Å². The molecule has 1 heterocycles. The lowest BCUT2D eigenvalue weighted by Crippen LogP contribution is -2.55. The fourth-order valence-corrected chi connectivity index (χ4v) is 3.03.